The molecule has 4 heterocycles. The van der Waals surface area contributed by atoms with E-state index in [0.717, 1.165) is 25.9 Å². The summed E-state index contributed by atoms with van der Waals surface area (Å²) in [5.41, 5.74) is 0.866. The quantitative estimate of drug-likeness (QED) is 0.374. The van der Waals surface area contributed by atoms with Crippen LogP contribution in [0, 0.1) is 5.92 Å². The fraction of sp³-hybridized carbons (Fsp3) is 0.455. The molecule has 0 saturated carbocycles. The summed E-state index contributed by atoms with van der Waals surface area (Å²) in [6.07, 6.45) is 6.19. The minimum Gasteiger partial charge on any atom is -0.385 e. The summed E-state index contributed by atoms with van der Waals surface area (Å²) in [5, 5.41) is 0. The van der Waals surface area contributed by atoms with E-state index in [1.165, 1.54) is 16.2 Å². The smallest absolute Gasteiger partial charge is 0.267 e. The molecule has 31 heavy (non-hydrogen) atoms. The van der Waals surface area contributed by atoms with E-state index in [4.69, 9.17) is 21.9 Å². The number of ether oxygens (including phenoxy) is 1. The van der Waals surface area contributed by atoms with Gasteiger partial charge in [-0.1, -0.05) is 37.0 Å². The Morgan fingerprint density at radius 1 is 1.29 bits per heavy atom. The van der Waals surface area contributed by atoms with Gasteiger partial charge in [0.2, 0.25) is 0 Å². The zero-order valence-electron chi connectivity index (χ0n) is 17.7. The first-order valence-corrected chi connectivity index (χ1v) is 11.7. The Labute approximate surface area is 191 Å². The van der Waals surface area contributed by atoms with Gasteiger partial charge in [-0.3, -0.25) is 18.9 Å². The molecule has 7 nitrogen and oxygen atoms in total. The van der Waals surface area contributed by atoms with Gasteiger partial charge >= 0.3 is 0 Å². The largest absolute Gasteiger partial charge is 0.385 e. The van der Waals surface area contributed by atoms with Gasteiger partial charge in [-0.15, -0.1) is 0 Å². The number of carbonyl (C=O) groups is 1. The molecule has 164 valence electrons. The van der Waals surface area contributed by atoms with Crippen LogP contribution < -0.4 is 10.5 Å². The van der Waals surface area contributed by atoms with Gasteiger partial charge in [0.05, 0.1) is 10.5 Å². The Kier molecular flexibility index (Phi) is 6.74. The second kappa shape index (κ2) is 9.50. The van der Waals surface area contributed by atoms with E-state index in [1.54, 1.807) is 30.3 Å². The topological polar surface area (TPSA) is 67.2 Å². The lowest BCUT2D eigenvalue weighted by atomic mass is 9.99. The van der Waals surface area contributed by atoms with Gasteiger partial charge in [0, 0.05) is 39.5 Å². The summed E-state index contributed by atoms with van der Waals surface area (Å²) < 4.78 is 7.12. The van der Waals surface area contributed by atoms with E-state index >= 15 is 0 Å². The van der Waals surface area contributed by atoms with Crippen LogP contribution in [0.4, 0.5) is 5.82 Å². The van der Waals surface area contributed by atoms with Crippen LogP contribution in [0.15, 0.2) is 34.1 Å². The Hall–Kier alpha value is -2.23. The Morgan fingerprint density at radius 3 is 2.81 bits per heavy atom. The fourth-order valence-corrected chi connectivity index (χ4v) is 5.16. The molecule has 0 aromatic carbocycles. The molecule has 1 amide bonds. The molecule has 2 aromatic rings. The van der Waals surface area contributed by atoms with E-state index < -0.39 is 0 Å². The lowest BCUT2D eigenvalue weighted by Crippen LogP contribution is -2.36. The summed E-state index contributed by atoms with van der Waals surface area (Å²) in [4.78, 5) is 35.4. The lowest BCUT2D eigenvalue weighted by Gasteiger charge is -2.32. The highest BCUT2D eigenvalue weighted by Gasteiger charge is 2.32. The number of hydrogen-bond acceptors (Lipinski definition) is 7. The monoisotopic (exact) mass is 458 g/mol. The van der Waals surface area contributed by atoms with E-state index in [1.807, 2.05) is 12.1 Å². The maximum atomic E-state index is 13.4. The first-order valence-electron chi connectivity index (χ1n) is 10.5. The van der Waals surface area contributed by atoms with Crippen molar-refractivity contribution in [3.63, 3.8) is 0 Å². The van der Waals surface area contributed by atoms with Gasteiger partial charge in [-0.05, 0) is 43.4 Å². The van der Waals surface area contributed by atoms with Crippen LogP contribution in [0.5, 0.6) is 0 Å². The molecule has 0 atom stereocenters. The van der Waals surface area contributed by atoms with Crippen molar-refractivity contribution in [3.8, 4) is 0 Å². The van der Waals surface area contributed by atoms with Gasteiger partial charge in [-0.2, -0.15) is 0 Å². The number of hydrogen-bond donors (Lipinski definition) is 0. The van der Waals surface area contributed by atoms with Crippen molar-refractivity contribution in [1.82, 2.24) is 14.3 Å². The van der Waals surface area contributed by atoms with E-state index in [0.29, 0.717) is 51.7 Å². The Bertz CT molecular complexity index is 1090. The normalized spacial score (nSPS) is 19.2. The minimum atomic E-state index is -0.177. The first kappa shape index (κ1) is 22.0. The van der Waals surface area contributed by atoms with E-state index in [9.17, 15) is 9.59 Å². The molecule has 0 unspecified atom stereocenters. The summed E-state index contributed by atoms with van der Waals surface area (Å²) >= 11 is 6.66. The number of anilines is 1. The maximum Gasteiger partial charge on any atom is 0.267 e. The number of rotatable bonds is 6. The molecule has 0 bridgehead atoms. The van der Waals surface area contributed by atoms with Crippen molar-refractivity contribution >= 4 is 51.7 Å². The van der Waals surface area contributed by atoms with Crippen LogP contribution >= 0.6 is 24.0 Å². The predicted molar refractivity (Wildman–Crippen MR) is 128 cm³/mol. The van der Waals surface area contributed by atoms with Gasteiger partial charge in [0.1, 0.15) is 15.8 Å². The highest BCUT2D eigenvalue weighted by atomic mass is 32.2. The van der Waals surface area contributed by atoms with Crippen LogP contribution in [-0.2, 0) is 9.53 Å². The zero-order chi connectivity index (χ0) is 22.0. The number of carbonyl (C=O) groups excluding carboxylic acids is 1. The first-order chi connectivity index (χ1) is 15.0. The van der Waals surface area contributed by atoms with Crippen molar-refractivity contribution in [2.75, 3.05) is 38.3 Å². The fourth-order valence-electron chi connectivity index (χ4n) is 3.87. The average Bonchev–Trinajstić information content (AvgIpc) is 3.04. The van der Waals surface area contributed by atoms with Crippen molar-refractivity contribution in [2.24, 2.45) is 5.92 Å². The lowest BCUT2D eigenvalue weighted by molar-refractivity contribution is -0.122. The van der Waals surface area contributed by atoms with Crippen molar-refractivity contribution in [3.05, 3.63) is 45.2 Å². The summed E-state index contributed by atoms with van der Waals surface area (Å²) in [6, 6.07) is 5.50. The molecular formula is C22H26N4O3S2. The van der Waals surface area contributed by atoms with Crippen LogP contribution in [0.2, 0.25) is 0 Å². The molecular weight excluding hydrogens is 432 g/mol. The van der Waals surface area contributed by atoms with Crippen LogP contribution in [0.3, 0.4) is 0 Å². The molecule has 2 saturated heterocycles. The maximum absolute atomic E-state index is 13.4. The van der Waals surface area contributed by atoms with Crippen molar-refractivity contribution in [1.29, 1.82) is 0 Å². The van der Waals surface area contributed by atoms with E-state index in [-0.39, 0.29) is 11.5 Å². The third kappa shape index (κ3) is 4.53. The number of thiocarbonyl (C=S) groups is 1. The summed E-state index contributed by atoms with van der Waals surface area (Å²) in [5.74, 6) is 1.14. The molecule has 2 aromatic heterocycles. The van der Waals surface area contributed by atoms with Gasteiger partial charge in [0.25, 0.3) is 11.5 Å². The number of fused-ring (bicyclic) bond motifs is 1. The number of thioether (sulfide) groups is 1. The van der Waals surface area contributed by atoms with Crippen LogP contribution in [0.1, 0.15) is 31.7 Å². The zero-order valence-corrected chi connectivity index (χ0v) is 19.4. The molecule has 0 radical (unpaired) electrons. The third-order valence-corrected chi connectivity index (χ3v) is 7.09. The number of amides is 1. The summed E-state index contributed by atoms with van der Waals surface area (Å²) in [7, 11) is 1.63. The number of methoxy groups -OCH3 is 1. The molecule has 0 aliphatic carbocycles. The van der Waals surface area contributed by atoms with Crippen molar-refractivity contribution in [2.45, 2.75) is 26.2 Å². The van der Waals surface area contributed by atoms with Crippen molar-refractivity contribution < 1.29 is 9.53 Å². The molecule has 4 rings (SSSR count). The molecule has 2 aliphatic heterocycles. The van der Waals surface area contributed by atoms with Gasteiger partial charge in [-0.25, -0.2) is 4.98 Å². The molecule has 2 aliphatic rings. The number of piperidine rings is 1. The second-order valence-electron chi connectivity index (χ2n) is 7.93. The molecule has 0 N–H and O–H groups in total. The number of aromatic nitrogens is 2. The van der Waals surface area contributed by atoms with Gasteiger partial charge < -0.3 is 9.64 Å². The highest BCUT2D eigenvalue weighted by Crippen LogP contribution is 2.34. The molecule has 0 spiro atoms. The average molecular weight is 459 g/mol. The van der Waals surface area contributed by atoms with E-state index in [2.05, 4.69) is 11.8 Å². The third-order valence-electron chi connectivity index (χ3n) is 5.71. The number of pyridine rings is 1. The second-order valence-corrected chi connectivity index (χ2v) is 9.61. The Balaban J connectivity index is 1.75. The molecule has 9 heteroatoms. The highest BCUT2D eigenvalue weighted by molar-refractivity contribution is 8.26. The SMILES string of the molecule is COCCCN1C(=O)C(=Cc2c(N3CCC(C)CC3)nc3ccccn3c2=O)SC1=S. The predicted octanol–water partition coefficient (Wildman–Crippen LogP) is 3.17. The standard InChI is InChI=1S/C22H26N4O3S2/c1-15-7-11-24(12-8-15)19-16(20(27)25-9-4-3-6-18(25)23-19)14-17-21(28)26(22(30)31-17)10-5-13-29-2/h3-4,6,9,14-15H,5,7-8,10-13H2,1-2H3. The molecule has 2 fully saturated rings. The minimum absolute atomic E-state index is 0.165. The summed E-state index contributed by atoms with van der Waals surface area (Å²) in [6.45, 7) is 4.99. The van der Waals surface area contributed by atoms with Crippen LogP contribution in [-0.4, -0.2) is 57.9 Å². The Morgan fingerprint density at radius 2 is 2.06 bits per heavy atom. The van der Waals surface area contributed by atoms with Crippen LogP contribution in [0.25, 0.3) is 11.7 Å². The number of nitrogens with zero attached hydrogens (tertiary/aromatic N) is 4. The van der Waals surface area contributed by atoms with Gasteiger partial charge in [0.15, 0.2) is 0 Å².